The number of hydrogen-bond acceptors (Lipinski definition) is 4. The van der Waals surface area contributed by atoms with Crippen LogP contribution in [0.5, 0.6) is 5.75 Å². The van der Waals surface area contributed by atoms with Gasteiger partial charge in [0, 0.05) is 5.02 Å². The van der Waals surface area contributed by atoms with Crippen LogP contribution in [0.4, 0.5) is 5.69 Å². The molecule has 0 fully saturated rings. The minimum Gasteiger partial charge on any atom is -0.492 e. The van der Waals surface area contributed by atoms with Crippen molar-refractivity contribution in [1.29, 1.82) is 0 Å². The van der Waals surface area contributed by atoms with Crippen LogP contribution in [0.3, 0.4) is 0 Å². The monoisotopic (exact) mass is 295 g/mol. The maximum absolute atomic E-state index is 10.8. The minimum absolute atomic E-state index is 0.123. The topological polar surface area (TPSA) is 71.7 Å². The molecular weight excluding hydrogens is 282 g/mol. The van der Waals surface area contributed by atoms with Gasteiger partial charge in [-0.25, -0.2) is 4.79 Å². The fourth-order valence-corrected chi connectivity index (χ4v) is 1.86. The summed E-state index contributed by atoms with van der Waals surface area (Å²) in [6.45, 7) is 2.78. The van der Waals surface area contributed by atoms with E-state index in [0.717, 1.165) is 5.69 Å². The number of carboxylic acid groups (broad SMARTS) is 1. The molecule has 0 saturated heterocycles. The lowest BCUT2D eigenvalue weighted by Gasteiger charge is -2.11. The van der Waals surface area contributed by atoms with E-state index in [1.54, 1.807) is 18.2 Å². The van der Waals surface area contributed by atoms with Gasteiger partial charge in [-0.05, 0) is 31.2 Å². The Labute approximate surface area is 121 Å². The van der Waals surface area contributed by atoms with Crippen LogP contribution >= 0.6 is 11.6 Å². The maximum atomic E-state index is 10.8. The molecule has 1 aromatic carbocycles. The highest BCUT2D eigenvalue weighted by atomic mass is 35.5. The Morgan fingerprint density at radius 3 is 2.90 bits per heavy atom. The van der Waals surface area contributed by atoms with Gasteiger partial charge in [0.25, 0.3) is 0 Å². The lowest BCUT2D eigenvalue weighted by atomic mass is 10.2. The standard InChI is InChI=1S/C14H14ClNO4/c1-2-19-13-4-3-10(15)6-12(13)16-7-11-5-9(8-20-11)14(17)18/h3-6,8,16H,2,7H2,1H3,(H,17,18). The lowest BCUT2D eigenvalue weighted by Crippen LogP contribution is -2.02. The number of anilines is 1. The molecule has 0 saturated carbocycles. The average molecular weight is 296 g/mol. The predicted molar refractivity (Wildman–Crippen MR) is 75.6 cm³/mol. The molecule has 0 spiro atoms. The van der Waals surface area contributed by atoms with E-state index in [4.69, 9.17) is 25.9 Å². The van der Waals surface area contributed by atoms with Crippen molar-refractivity contribution in [3.63, 3.8) is 0 Å². The van der Waals surface area contributed by atoms with Gasteiger partial charge in [-0.15, -0.1) is 0 Å². The summed E-state index contributed by atoms with van der Waals surface area (Å²) in [4.78, 5) is 10.8. The number of nitrogens with one attached hydrogen (secondary N) is 1. The number of carboxylic acids is 1. The third-order valence-corrected chi connectivity index (χ3v) is 2.83. The molecule has 1 heterocycles. The zero-order chi connectivity index (χ0) is 14.5. The molecule has 0 amide bonds. The molecule has 0 aliphatic heterocycles. The van der Waals surface area contributed by atoms with E-state index in [-0.39, 0.29) is 5.56 Å². The van der Waals surface area contributed by atoms with Crippen molar-refractivity contribution < 1.29 is 19.1 Å². The molecule has 20 heavy (non-hydrogen) atoms. The summed E-state index contributed by atoms with van der Waals surface area (Å²) < 4.78 is 10.6. The van der Waals surface area contributed by atoms with E-state index in [9.17, 15) is 4.79 Å². The fourth-order valence-electron chi connectivity index (χ4n) is 1.69. The van der Waals surface area contributed by atoms with Crippen molar-refractivity contribution in [3.05, 3.63) is 46.9 Å². The summed E-state index contributed by atoms with van der Waals surface area (Å²) in [7, 11) is 0. The van der Waals surface area contributed by atoms with Gasteiger partial charge in [0.15, 0.2) is 0 Å². The Morgan fingerprint density at radius 1 is 1.45 bits per heavy atom. The fraction of sp³-hybridized carbons (Fsp3) is 0.214. The summed E-state index contributed by atoms with van der Waals surface area (Å²) in [6.07, 6.45) is 1.21. The largest absolute Gasteiger partial charge is 0.492 e. The molecule has 2 rings (SSSR count). The van der Waals surface area contributed by atoms with Gasteiger partial charge >= 0.3 is 5.97 Å². The smallest absolute Gasteiger partial charge is 0.338 e. The van der Waals surface area contributed by atoms with Gasteiger partial charge < -0.3 is 19.6 Å². The molecule has 0 atom stereocenters. The van der Waals surface area contributed by atoms with E-state index in [2.05, 4.69) is 5.32 Å². The highest BCUT2D eigenvalue weighted by Gasteiger charge is 2.09. The van der Waals surface area contributed by atoms with Gasteiger partial charge in [-0.2, -0.15) is 0 Å². The van der Waals surface area contributed by atoms with Crippen molar-refractivity contribution >= 4 is 23.3 Å². The molecule has 2 N–H and O–H groups in total. The molecule has 0 aliphatic rings. The first-order chi connectivity index (χ1) is 9.60. The van der Waals surface area contributed by atoms with Crippen LogP contribution in [0.15, 0.2) is 34.9 Å². The number of hydrogen-bond donors (Lipinski definition) is 2. The molecule has 1 aromatic heterocycles. The number of ether oxygens (including phenoxy) is 1. The Kier molecular flexibility index (Phi) is 4.53. The molecule has 106 valence electrons. The summed E-state index contributed by atoms with van der Waals surface area (Å²) in [5.74, 6) is 0.185. The van der Waals surface area contributed by atoms with Crippen molar-refractivity contribution in [3.8, 4) is 5.75 Å². The Hall–Kier alpha value is -2.14. The van der Waals surface area contributed by atoms with Crippen LogP contribution in [0.25, 0.3) is 0 Å². The highest BCUT2D eigenvalue weighted by molar-refractivity contribution is 6.30. The molecule has 0 bridgehead atoms. The van der Waals surface area contributed by atoms with Crippen molar-refractivity contribution in [1.82, 2.24) is 0 Å². The normalized spacial score (nSPS) is 10.3. The first-order valence-corrected chi connectivity index (χ1v) is 6.45. The van der Waals surface area contributed by atoms with Gasteiger partial charge in [0.2, 0.25) is 0 Å². The number of furan rings is 1. The third kappa shape index (κ3) is 3.45. The Morgan fingerprint density at radius 2 is 2.25 bits per heavy atom. The van der Waals surface area contributed by atoms with E-state index in [1.807, 2.05) is 6.92 Å². The van der Waals surface area contributed by atoms with Crippen molar-refractivity contribution in [2.24, 2.45) is 0 Å². The average Bonchev–Trinajstić information content (AvgIpc) is 2.88. The minimum atomic E-state index is -1.02. The highest BCUT2D eigenvalue weighted by Crippen LogP contribution is 2.28. The lowest BCUT2D eigenvalue weighted by molar-refractivity contribution is 0.0696. The van der Waals surface area contributed by atoms with E-state index in [0.29, 0.717) is 29.7 Å². The molecule has 0 aliphatic carbocycles. The second kappa shape index (κ2) is 6.34. The molecule has 6 heteroatoms. The summed E-state index contributed by atoms with van der Waals surface area (Å²) in [6, 6.07) is 6.74. The second-order valence-corrected chi connectivity index (χ2v) is 4.47. The van der Waals surface area contributed by atoms with E-state index in [1.165, 1.54) is 12.3 Å². The Bertz CT molecular complexity index is 609. The number of aromatic carboxylic acids is 1. The summed E-state index contributed by atoms with van der Waals surface area (Å²) in [5, 5.41) is 12.5. The van der Waals surface area contributed by atoms with Gasteiger partial charge in [-0.1, -0.05) is 11.6 Å². The molecule has 0 unspecified atom stereocenters. The van der Waals surface area contributed by atoms with Crippen LogP contribution in [0.1, 0.15) is 23.0 Å². The molecular formula is C14H14ClNO4. The zero-order valence-corrected chi connectivity index (χ0v) is 11.6. The first kappa shape index (κ1) is 14.3. The van der Waals surface area contributed by atoms with Crippen LogP contribution < -0.4 is 10.1 Å². The molecule has 5 nitrogen and oxygen atoms in total. The quantitative estimate of drug-likeness (QED) is 0.851. The van der Waals surface area contributed by atoms with Crippen molar-refractivity contribution in [2.75, 3.05) is 11.9 Å². The zero-order valence-electron chi connectivity index (χ0n) is 10.9. The van der Waals surface area contributed by atoms with E-state index < -0.39 is 5.97 Å². The number of benzene rings is 1. The van der Waals surface area contributed by atoms with Gasteiger partial charge in [0.05, 0.1) is 24.4 Å². The number of rotatable bonds is 6. The predicted octanol–water partition coefficient (Wildman–Crippen LogP) is 3.64. The first-order valence-electron chi connectivity index (χ1n) is 6.07. The SMILES string of the molecule is CCOc1ccc(Cl)cc1NCc1cc(C(=O)O)co1. The third-order valence-electron chi connectivity index (χ3n) is 2.60. The molecule has 2 aromatic rings. The molecule has 0 radical (unpaired) electrons. The van der Waals surface area contributed by atoms with Crippen molar-refractivity contribution in [2.45, 2.75) is 13.5 Å². The second-order valence-electron chi connectivity index (χ2n) is 4.03. The van der Waals surface area contributed by atoms with Gasteiger partial charge in [0.1, 0.15) is 17.8 Å². The summed E-state index contributed by atoms with van der Waals surface area (Å²) in [5.41, 5.74) is 0.852. The van der Waals surface area contributed by atoms with Crippen LogP contribution in [-0.4, -0.2) is 17.7 Å². The van der Waals surface area contributed by atoms with Crippen LogP contribution in [0, 0.1) is 0 Å². The maximum Gasteiger partial charge on any atom is 0.338 e. The van der Waals surface area contributed by atoms with Gasteiger partial charge in [-0.3, -0.25) is 0 Å². The van der Waals surface area contributed by atoms with Crippen LogP contribution in [-0.2, 0) is 6.54 Å². The number of carbonyl (C=O) groups is 1. The van der Waals surface area contributed by atoms with Crippen LogP contribution in [0.2, 0.25) is 5.02 Å². The van der Waals surface area contributed by atoms with E-state index >= 15 is 0 Å². The summed E-state index contributed by atoms with van der Waals surface area (Å²) >= 11 is 5.95. The number of halogens is 1. The Balaban J connectivity index is 2.09.